The molecule has 1 amide bonds. The molecule has 1 saturated heterocycles. The lowest BCUT2D eigenvalue weighted by Crippen LogP contribution is -2.41. The second-order valence-electron chi connectivity index (χ2n) is 7.18. The van der Waals surface area contributed by atoms with E-state index in [0.717, 1.165) is 19.4 Å². The molecule has 0 saturated carbocycles. The average molecular weight is 430 g/mol. The van der Waals surface area contributed by atoms with Gasteiger partial charge < -0.3 is 10.6 Å². The summed E-state index contributed by atoms with van der Waals surface area (Å²) in [5.41, 5.74) is -1.94. The van der Waals surface area contributed by atoms with Gasteiger partial charge in [0.15, 0.2) is 0 Å². The highest BCUT2D eigenvalue weighted by Crippen LogP contribution is 2.38. The molecule has 0 aliphatic carbocycles. The van der Waals surface area contributed by atoms with Gasteiger partial charge in [-0.1, -0.05) is 24.3 Å². The number of hydrogen-bond acceptors (Lipinski definition) is 2. The predicted molar refractivity (Wildman–Crippen MR) is 99.6 cm³/mol. The summed E-state index contributed by atoms with van der Waals surface area (Å²) in [5.74, 6) is -0.114. The molecule has 30 heavy (non-hydrogen) atoms. The Morgan fingerprint density at radius 3 is 2.20 bits per heavy atom. The van der Waals surface area contributed by atoms with Crippen LogP contribution >= 0.6 is 0 Å². The van der Waals surface area contributed by atoms with Gasteiger partial charge in [0.1, 0.15) is 0 Å². The van der Waals surface area contributed by atoms with Crippen molar-refractivity contribution in [1.29, 1.82) is 0 Å². The van der Waals surface area contributed by atoms with Crippen molar-refractivity contribution in [1.82, 2.24) is 10.6 Å². The van der Waals surface area contributed by atoms with Gasteiger partial charge >= 0.3 is 12.4 Å². The number of halogens is 6. The minimum absolute atomic E-state index is 0.111. The molecule has 1 heterocycles. The lowest BCUT2D eigenvalue weighted by molar-refractivity contribution is -0.143. The third kappa shape index (κ3) is 5.53. The van der Waals surface area contributed by atoms with Crippen LogP contribution in [0.4, 0.5) is 26.3 Å². The number of carbonyl (C=O) groups excluding carboxylic acids is 1. The van der Waals surface area contributed by atoms with Gasteiger partial charge in [-0.05, 0) is 60.7 Å². The molecule has 1 fully saturated rings. The van der Waals surface area contributed by atoms with Crippen LogP contribution in [0.25, 0.3) is 11.1 Å². The molecule has 1 atom stereocenters. The molecule has 2 N–H and O–H groups in total. The molecule has 3 nitrogen and oxygen atoms in total. The molecule has 162 valence electrons. The second kappa shape index (κ2) is 8.67. The van der Waals surface area contributed by atoms with Crippen molar-refractivity contribution >= 4 is 5.91 Å². The molecule has 9 heteroatoms. The first kappa shape index (κ1) is 22.1. The summed E-state index contributed by atoms with van der Waals surface area (Å²) >= 11 is 0. The van der Waals surface area contributed by atoms with E-state index in [1.807, 2.05) is 0 Å². The van der Waals surface area contributed by atoms with Crippen LogP contribution in [0.15, 0.2) is 42.5 Å². The van der Waals surface area contributed by atoms with Gasteiger partial charge in [-0.3, -0.25) is 4.79 Å². The molecule has 0 spiro atoms. The molecule has 2 aromatic rings. The SMILES string of the molecule is O=C(NCCc1cccc(-c2cc(C(F)(F)F)cc(C(F)(F)F)c2)c1)C1CCCN1. The smallest absolute Gasteiger partial charge is 0.354 e. The summed E-state index contributed by atoms with van der Waals surface area (Å²) in [7, 11) is 0. The van der Waals surface area contributed by atoms with Crippen LogP contribution in [0.5, 0.6) is 0 Å². The van der Waals surface area contributed by atoms with Crippen molar-refractivity contribution in [3.05, 3.63) is 59.2 Å². The molecular weight excluding hydrogens is 410 g/mol. The molecule has 0 bridgehead atoms. The van der Waals surface area contributed by atoms with Gasteiger partial charge in [-0.2, -0.15) is 26.3 Å². The van der Waals surface area contributed by atoms with E-state index in [0.29, 0.717) is 30.7 Å². The highest BCUT2D eigenvalue weighted by molar-refractivity contribution is 5.82. The maximum Gasteiger partial charge on any atom is 0.416 e. The Hall–Kier alpha value is -2.55. The zero-order valence-corrected chi connectivity index (χ0v) is 15.8. The van der Waals surface area contributed by atoms with Crippen molar-refractivity contribution in [2.75, 3.05) is 13.1 Å². The fourth-order valence-corrected chi connectivity index (χ4v) is 3.39. The van der Waals surface area contributed by atoms with Crippen LogP contribution in [-0.2, 0) is 23.6 Å². The molecular formula is C21H20F6N2O. The fourth-order valence-electron chi connectivity index (χ4n) is 3.39. The Kier molecular flexibility index (Phi) is 6.40. The van der Waals surface area contributed by atoms with Gasteiger partial charge in [-0.15, -0.1) is 0 Å². The van der Waals surface area contributed by atoms with E-state index in [9.17, 15) is 31.1 Å². The fraction of sp³-hybridized carbons (Fsp3) is 0.381. The first-order valence-corrected chi connectivity index (χ1v) is 9.44. The van der Waals surface area contributed by atoms with E-state index in [1.165, 1.54) is 12.1 Å². The van der Waals surface area contributed by atoms with E-state index in [2.05, 4.69) is 10.6 Å². The topological polar surface area (TPSA) is 41.1 Å². The lowest BCUT2D eigenvalue weighted by Gasteiger charge is -2.15. The van der Waals surface area contributed by atoms with Crippen molar-refractivity contribution in [2.45, 2.75) is 37.7 Å². The summed E-state index contributed by atoms with van der Waals surface area (Å²) in [6, 6.07) is 7.59. The summed E-state index contributed by atoms with van der Waals surface area (Å²) in [4.78, 5) is 12.0. The van der Waals surface area contributed by atoms with Crippen LogP contribution in [0.1, 0.15) is 29.5 Å². The number of benzene rings is 2. The highest BCUT2D eigenvalue weighted by Gasteiger charge is 2.37. The zero-order chi connectivity index (χ0) is 21.9. The van der Waals surface area contributed by atoms with Gasteiger partial charge in [0.05, 0.1) is 17.2 Å². The standard InChI is InChI=1S/C21H20F6N2O/c22-20(23,24)16-10-15(11-17(12-16)21(25,26)27)14-4-1-3-13(9-14)6-8-29-19(30)18-5-2-7-28-18/h1,3-4,9-12,18,28H,2,5-8H2,(H,29,30). The van der Waals surface area contributed by atoms with Crippen LogP contribution in [0.3, 0.4) is 0 Å². The molecule has 1 aliphatic rings. The Bertz CT molecular complexity index is 869. The molecule has 0 radical (unpaired) electrons. The number of carbonyl (C=O) groups is 1. The Balaban J connectivity index is 1.78. The van der Waals surface area contributed by atoms with Gasteiger partial charge in [-0.25, -0.2) is 0 Å². The normalized spacial score (nSPS) is 17.2. The Morgan fingerprint density at radius 1 is 0.967 bits per heavy atom. The third-order valence-corrected chi connectivity index (χ3v) is 4.94. The number of amides is 1. The van der Waals surface area contributed by atoms with E-state index in [1.54, 1.807) is 12.1 Å². The van der Waals surface area contributed by atoms with Crippen molar-refractivity contribution in [2.24, 2.45) is 0 Å². The lowest BCUT2D eigenvalue weighted by atomic mass is 9.97. The number of hydrogen-bond donors (Lipinski definition) is 2. The Labute approximate surface area is 169 Å². The summed E-state index contributed by atoms with van der Waals surface area (Å²) in [6.45, 7) is 1.11. The molecule has 1 unspecified atom stereocenters. The summed E-state index contributed by atoms with van der Waals surface area (Å²) < 4.78 is 78.5. The third-order valence-electron chi connectivity index (χ3n) is 4.94. The van der Waals surface area contributed by atoms with Gasteiger partial charge in [0, 0.05) is 6.54 Å². The molecule has 0 aromatic heterocycles. The van der Waals surface area contributed by atoms with Crippen LogP contribution in [-0.4, -0.2) is 25.0 Å². The van der Waals surface area contributed by atoms with Gasteiger partial charge in [0.25, 0.3) is 0 Å². The second-order valence-corrected chi connectivity index (χ2v) is 7.18. The molecule has 3 rings (SSSR count). The number of alkyl halides is 6. The van der Waals surface area contributed by atoms with Crippen molar-refractivity contribution in [3.63, 3.8) is 0 Å². The average Bonchev–Trinajstić information content (AvgIpc) is 3.21. The summed E-state index contributed by atoms with van der Waals surface area (Å²) in [6.07, 6.45) is -7.70. The van der Waals surface area contributed by atoms with Crippen LogP contribution in [0, 0.1) is 0 Å². The van der Waals surface area contributed by atoms with Gasteiger partial charge in [0.2, 0.25) is 5.91 Å². The van der Waals surface area contributed by atoms with Crippen molar-refractivity contribution < 1.29 is 31.1 Å². The predicted octanol–water partition coefficient (Wildman–Crippen LogP) is 4.80. The molecule has 2 aromatic carbocycles. The number of nitrogens with one attached hydrogen (secondary N) is 2. The zero-order valence-electron chi connectivity index (χ0n) is 15.8. The first-order valence-electron chi connectivity index (χ1n) is 9.44. The molecule has 1 aliphatic heterocycles. The van der Waals surface area contributed by atoms with Crippen LogP contribution < -0.4 is 10.6 Å². The quantitative estimate of drug-likeness (QED) is 0.669. The number of rotatable bonds is 5. The van der Waals surface area contributed by atoms with E-state index in [-0.39, 0.29) is 29.1 Å². The first-order chi connectivity index (χ1) is 14.0. The minimum Gasteiger partial charge on any atom is -0.354 e. The van der Waals surface area contributed by atoms with Crippen LogP contribution in [0.2, 0.25) is 0 Å². The van der Waals surface area contributed by atoms with Crippen molar-refractivity contribution in [3.8, 4) is 11.1 Å². The largest absolute Gasteiger partial charge is 0.416 e. The maximum absolute atomic E-state index is 13.1. The maximum atomic E-state index is 13.1. The van der Waals surface area contributed by atoms with E-state index < -0.39 is 23.5 Å². The minimum atomic E-state index is -4.90. The monoisotopic (exact) mass is 430 g/mol. The summed E-state index contributed by atoms with van der Waals surface area (Å²) in [5, 5.41) is 5.87. The highest BCUT2D eigenvalue weighted by atomic mass is 19.4. The Morgan fingerprint density at radius 2 is 1.63 bits per heavy atom. The van der Waals surface area contributed by atoms with E-state index in [4.69, 9.17) is 0 Å². The van der Waals surface area contributed by atoms with E-state index >= 15 is 0 Å².